The first-order valence-electron chi connectivity index (χ1n) is 5.62. The van der Waals surface area contributed by atoms with Crippen LogP contribution in [0, 0.1) is 0 Å². The van der Waals surface area contributed by atoms with Crippen LogP contribution >= 0.6 is 0 Å². The number of aliphatic hydroxyl groups is 1. The molecule has 0 aromatic heterocycles. The number of nitrogens with zero attached hydrogens (tertiary/aromatic N) is 1. The van der Waals surface area contributed by atoms with Crippen molar-refractivity contribution in [3.05, 3.63) is 12.7 Å². The number of hydrogen-bond acceptors (Lipinski definition) is 3. The molecular weight excluding hydrogens is 224 g/mol. The number of carbonyl (C=O) groups excluding carboxylic acids is 1. The van der Waals surface area contributed by atoms with Gasteiger partial charge in [0.25, 0.3) is 0 Å². The highest BCUT2D eigenvalue weighted by Crippen LogP contribution is 2.26. The number of carboxylic acid groups (broad SMARTS) is 1. The van der Waals surface area contributed by atoms with Gasteiger partial charge in [-0.3, -0.25) is 0 Å². The first-order chi connectivity index (χ1) is 8.06. The lowest BCUT2D eigenvalue weighted by molar-refractivity contribution is -0.146. The minimum absolute atomic E-state index is 0.00761. The smallest absolute Gasteiger partial charge is 0.332 e. The van der Waals surface area contributed by atoms with Gasteiger partial charge in [0, 0.05) is 25.6 Å². The third kappa shape index (κ3) is 4.44. The molecule has 1 atom stereocenters. The largest absolute Gasteiger partial charge is 0.479 e. The molecule has 0 spiro atoms. The fourth-order valence-corrected chi connectivity index (χ4v) is 1.46. The van der Waals surface area contributed by atoms with E-state index >= 15 is 0 Å². The number of aliphatic hydroxyl groups excluding tert-OH is 1. The van der Waals surface area contributed by atoms with Crippen molar-refractivity contribution in [3.63, 3.8) is 0 Å². The summed E-state index contributed by atoms with van der Waals surface area (Å²) >= 11 is 0. The van der Waals surface area contributed by atoms with Gasteiger partial charge in [-0.1, -0.05) is 6.08 Å². The molecule has 1 unspecified atom stereocenters. The maximum atomic E-state index is 11.7. The van der Waals surface area contributed by atoms with Gasteiger partial charge < -0.3 is 20.4 Å². The van der Waals surface area contributed by atoms with Crippen molar-refractivity contribution in [2.75, 3.05) is 13.1 Å². The Hall–Kier alpha value is -1.56. The summed E-state index contributed by atoms with van der Waals surface area (Å²) in [5.41, 5.74) is 0. The molecule has 0 bridgehead atoms. The number of carboxylic acids is 1. The zero-order chi connectivity index (χ0) is 12.8. The maximum absolute atomic E-state index is 11.7. The first-order valence-corrected chi connectivity index (χ1v) is 5.62. The zero-order valence-corrected chi connectivity index (χ0v) is 9.63. The Labute approximate surface area is 99.9 Å². The van der Waals surface area contributed by atoms with Crippen LogP contribution in [0.5, 0.6) is 0 Å². The van der Waals surface area contributed by atoms with E-state index in [9.17, 15) is 9.59 Å². The highest BCUT2D eigenvalue weighted by atomic mass is 16.4. The lowest BCUT2D eigenvalue weighted by Crippen LogP contribution is -2.42. The predicted octanol–water partition coefficient (Wildman–Crippen LogP) is 0.182. The third-order valence-electron chi connectivity index (χ3n) is 2.55. The molecule has 0 heterocycles. The molecule has 0 aliphatic heterocycles. The Morgan fingerprint density at radius 3 is 2.65 bits per heavy atom. The molecule has 0 aromatic rings. The second kappa shape index (κ2) is 6.24. The van der Waals surface area contributed by atoms with Crippen LogP contribution in [0.1, 0.15) is 19.3 Å². The van der Waals surface area contributed by atoms with E-state index in [1.165, 1.54) is 0 Å². The van der Waals surface area contributed by atoms with Crippen LogP contribution in [0.4, 0.5) is 4.79 Å². The molecule has 1 aliphatic carbocycles. The second-order valence-corrected chi connectivity index (χ2v) is 4.05. The van der Waals surface area contributed by atoms with Crippen molar-refractivity contribution in [3.8, 4) is 0 Å². The Bertz CT molecular complexity index is 302. The molecule has 3 N–H and O–H groups in total. The Kier molecular flexibility index (Phi) is 4.96. The van der Waals surface area contributed by atoms with E-state index in [0.717, 1.165) is 12.8 Å². The monoisotopic (exact) mass is 242 g/mol. The SMILES string of the molecule is C=CCN(C(=O)NCCC(O)C(=O)O)C1CC1. The number of aliphatic carboxylic acids is 1. The van der Waals surface area contributed by atoms with E-state index in [1.54, 1.807) is 11.0 Å². The van der Waals surface area contributed by atoms with E-state index < -0.39 is 12.1 Å². The van der Waals surface area contributed by atoms with Gasteiger partial charge in [-0.15, -0.1) is 6.58 Å². The summed E-state index contributed by atoms with van der Waals surface area (Å²) in [6.07, 6.45) is 2.24. The van der Waals surface area contributed by atoms with Crippen molar-refractivity contribution in [1.29, 1.82) is 0 Å². The van der Waals surface area contributed by atoms with Crippen LogP contribution in [0.15, 0.2) is 12.7 Å². The molecule has 17 heavy (non-hydrogen) atoms. The predicted molar refractivity (Wildman–Crippen MR) is 61.6 cm³/mol. The van der Waals surface area contributed by atoms with E-state index in [1.807, 2.05) is 0 Å². The summed E-state index contributed by atoms with van der Waals surface area (Å²) in [6.45, 7) is 4.21. The molecule has 0 saturated heterocycles. The van der Waals surface area contributed by atoms with Gasteiger partial charge in [0.2, 0.25) is 0 Å². The normalized spacial score (nSPS) is 16.1. The van der Waals surface area contributed by atoms with Gasteiger partial charge in [-0.25, -0.2) is 9.59 Å². The van der Waals surface area contributed by atoms with Gasteiger partial charge in [0.1, 0.15) is 0 Å². The molecule has 1 aliphatic rings. The Morgan fingerprint density at radius 2 is 2.18 bits per heavy atom. The standard InChI is InChI=1S/C11H18N2O4/c1-2-7-13(8-3-4-8)11(17)12-6-5-9(14)10(15)16/h2,8-9,14H,1,3-7H2,(H,12,17)(H,15,16). The summed E-state index contributed by atoms with van der Waals surface area (Å²) in [6, 6.07) is 0.0439. The Balaban J connectivity index is 2.27. The summed E-state index contributed by atoms with van der Waals surface area (Å²) in [7, 11) is 0. The van der Waals surface area contributed by atoms with E-state index in [0.29, 0.717) is 6.54 Å². The lowest BCUT2D eigenvalue weighted by atomic mass is 10.2. The van der Waals surface area contributed by atoms with Crippen molar-refractivity contribution >= 4 is 12.0 Å². The molecule has 1 rings (SSSR count). The number of rotatable bonds is 7. The van der Waals surface area contributed by atoms with E-state index in [4.69, 9.17) is 10.2 Å². The highest BCUT2D eigenvalue weighted by Gasteiger charge is 2.31. The number of hydrogen-bond donors (Lipinski definition) is 3. The molecule has 0 radical (unpaired) electrons. The highest BCUT2D eigenvalue weighted by molar-refractivity contribution is 5.75. The van der Waals surface area contributed by atoms with Crippen LogP contribution in [0.3, 0.4) is 0 Å². The van der Waals surface area contributed by atoms with Crippen LogP contribution in [-0.4, -0.2) is 52.3 Å². The minimum atomic E-state index is -1.43. The number of amides is 2. The molecule has 0 aromatic carbocycles. The molecule has 1 saturated carbocycles. The van der Waals surface area contributed by atoms with Crippen LogP contribution in [0.2, 0.25) is 0 Å². The minimum Gasteiger partial charge on any atom is -0.479 e. The summed E-state index contributed by atoms with van der Waals surface area (Å²) in [4.78, 5) is 23.7. The van der Waals surface area contributed by atoms with E-state index in [-0.39, 0.29) is 25.0 Å². The molecule has 96 valence electrons. The average molecular weight is 242 g/mol. The number of urea groups is 1. The van der Waals surface area contributed by atoms with Crippen LogP contribution < -0.4 is 5.32 Å². The van der Waals surface area contributed by atoms with Crippen molar-refractivity contribution in [2.24, 2.45) is 0 Å². The van der Waals surface area contributed by atoms with Crippen molar-refractivity contribution in [2.45, 2.75) is 31.4 Å². The first kappa shape index (κ1) is 13.5. The topological polar surface area (TPSA) is 89.9 Å². The summed E-state index contributed by atoms with van der Waals surface area (Å²) < 4.78 is 0. The van der Waals surface area contributed by atoms with Crippen molar-refractivity contribution < 1.29 is 19.8 Å². The Morgan fingerprint density at radius 1 is 1.53 bits per heavy atom. The lowest BCUT2D eigenvalue weighted by Gasteiger charge is -2.21. The van der Waals surface area contributed by atoms with Crippen LogP contribution in [0.25, 0.3) is 0 Å². The van der Waals surface area contributed by atoms with E-state index in [2.05, 4.69) is 11.9 Å². The van der Waals surface area contributed by atoms with Gasteiger partial charge in [-0.05, 0) is 12.8 Å². The summed E-state index contributed by atoms with van der Waals surface area (Å²) in [5, 5.41) is 20.1. The quantitative estimate of drug-likeness (QED) is 0.556. The maximum Gasteiger partial charge on any atom is 0.332 e. The fraction of sp³-hybridized carbons (Fsp3) is 0.636. The van der Waals surface area contributed by atoms with Gasteiger partial charge in [0.05, 0.1) is 0 Å². The molecular formula is C11H18N2O4. The van der Waals surface area contributed by atoms with Gasteiger partial charge in [0.15, 0.2) is 6.10 Å². The van der Waals surface area contributed by atoms with Crippen LogP contribution in [-0.2, 0) is 4.79 Å². The third-order valence-corrected chi connectivity index (χ3v) is 2.55. The zero-order valence-electron chi connectivity index (χ0n) is 9.63. The fourth-order valence-electron chi connectivity index (χ4n) is 1.46. The summed E-state index contributed by atoms with van der Waals surface area (Å²) in [5.74, 6) is -1.27. The average Bonchev–Trinajstić information content (AvgIpc) is 3.09. The molecule has 1 fully saturated rings. The molecule has 6 nitrogen and oxygen atoms in total. The number of nitrogens with one attached hydrogen (secondary N) is 1. The molecule has 6 heteroatoms. The van der Waals surface area contributed by atoms with Crippen molar-refractivity contribution in [1.82, 2.24) is 10.2 Å². The number of carbonyl (C=O) groups is 2. The molecule has 2 amide bonds. The van der Waals surface area contributed by atoms with Gasteiger partial charge in [-0.2, -0.15) is 0 Å². The second-order valence-electron chi connectivity index (χ2n) is 4.05. The van der Waals surface area contributed by atoms with Gasteiger partial charge >= 0.3 is 12.0 Å².